The first kappa shape index (κ1) is 16.0. The highest BCUT2D eigenvalue weighted by Crippen LogP contribution is 2.35. The van der Waals surface area contributed by atoms with Gasteiger partial charge in [-0.1, -0.05) is 54.6 Å². The first-order valence-corrected chi connectivity index (χ1v) is 8.50. The summed E-state index contributed by atoms with van der Waals surface area (Å²) < 4.78 is 0. The van der Waals surface area contributed by atoms with Gasteiger partial charge in [0.2, 0.25) is 0 Å². The Morgan fingerprint density at radius 3 is 2.31 bits per heavy atom. The van der Waals surface area contributed by atoms with E-state index in [9.17, 15) is 4.79 Å². The number of pyridine rings is 1. The molecular formula is C21H18N4O. The summed E-state index contributed by atoms with van der Waals surface area (Å²) in [5, 5.41) is 9.36. The highest BCUT2D eigenvalue weighted by Gasteiger charge is 2.32. The summed E-state index contributed by atoms with van der Waals surface area (Å²) in [6, 6.07) is 25.4. The van der Waals surface area contributed by atoms with Crippen LogP contribution in [0.4, 0.5) is 11.5 Å². The van der Waals surface area contributed by atoms with Crippen molar-refractivity contribution < 1.29 is 4.79 Å². The second-order valence-corrected chi connectivity index (χ2v) is 6.03. The van der Waals surface area contributed by atoms with Gasteiger partial charge < -0.3 is 5.32 Å². The second kappa shape index (κ2) is 7.19. The van der Waals surface area contributed by atoms with Crippen molar-refractivity contribution in [1.82, 2.24) is 4.98 Å². The number of aromatic nitrogens is 1. The Hall–Kier alpha value is -3.47. The molecule has 1 N–H and O–H groups in total. The summed E-state index contributed by atoms with van der Waals surface area (Å²) >= 11 is 0. The van der Waals surface area contributed by atoms with E-state index in [1.54, 1.807) is 12.3 Å². The minimum Gasteiger partial charge on any atom is -0.305 e. The molecule has 128 valence electrons. The number of amides is 1. The van der Waals surface area contributed by atoms with Crippen LogP contribution in [0.15, 0.2) is 90.2 Å². The number of hydrazone groups is 1. The van der Waals surface area contributed by atoms with Crippen molar-refractivity contribution >= 4 is 23.1 Å². The lowest BCUT2D eigenvalue weighted by Crippen LogP contribution is -2.22. The van der Waals surface area contributed by atoms with E-state index in [1.165, 1.54) is 0 Å². The molecule has 0 bridgehead atoms. The van der Waals surface area contributed by atoms with Crippen LogP contribution in [-0.4, -0.2) is 16.6 Å². The Labute approximate surface area is 152 Å². The van der Waals surface area contributed by atoms with Crippen molar-refractivity contribution in [1.29, 1.82) is 0 Å². The number of nitrogens with zero attached hydrogens (tertiary/aromatic N) is 3. The third kappa shape index (κ3) is 3.32. The predicted octanol–water partition coefficient (Wildman–Crippen LogP) is 4.03. The van der Waals surface area contributed by atoms with Gasteiger partial charge in [-0.15, -0.1) is 0 Å². The molecule has 0 saturated heterocycles. The number of rotatable bonds is 4. The molecule has 0 fully saturated rings. The number of carbonyl (C=O) groups excluding carboxylic acids is 1. The van der Waals surface area contributed by atoms with Gasteiger partial charge in [-0.2, -0.15) is 5.10 Å². The Balaban J connectivity index is 1.63. The smallest absolute Gasteiger partial charge is 0.273 e. The highest BCUT2D eigenvalue weighted by molar-refractivity contribution is 6.43. The fraction of sp³-hybridized carbons (Fsp3) is 0.0952. The Morgan fingerprint density at radius 1 is 0.923 bits per heavy atom. The quantitative estimate of drug-likeness (QED) is 0.779. The lowest BCUT2D eigenvalue weighted by atomic mass is 10.0. The largest absolute Gasteiger partial charge is 0.305 e. The lowest BCUT2D eigenvalue weighted by Gasteiger charge is -2.23. The average Bonchev–Trinajstić information content (AvgIpc) is 3.16. The fourth-order valence-electron chi connectivity index (χ4n) is 3.03. The minimum atomic E-state index is -0.219. The third-order valence-corrected chi connectivity index (χ3v) is 4.28. The summed E-state index contributed by atoms with van der Waals surface area (Å²) in [5.41, 5.74) is 2.58. The summed E-state index contributed by atoms with van der Waals surface area (Å²) in [5.74, 6) is 0.303. The fourth-order valence-corrected chi connectivity index (χ4v) is 3.03. The standard InChI is InChI=1S/C21H18N4O/c26-21(23-20-13-7-8-14-22-20)18-15-19(16-9-3-1-4-10-16)25(24-18)17-11-5-2-6-12-17/h1-14,19H,15H2,(H,22,23,26). The van der Waals surface area contributed by atoms with Crippen molar-refractivity contribution in [2.24, 2.45) is 5.10 Å². The van der Waals surface area contributed by atoms with Gasteiger partial charge in [0, 0.05) is 12.6 Å². The SMILES string of the molecule is O=C(Nc1ccccn1)C1=NN(c2ccccc2)C(c2ccccc2)C1. The van der Waals surface area contributed by atoms with E-state index in [0.717, 1.165) is 11.3 Å². The van der Waals surface area contributed by atoms with Crippen LogP contribution in [0.3, 0.4) is 0 Å². The molecule has 26 heavy (non-hydrogen) atoms. The first-order chi connectivity index (χ1) is 12.8. The van der Waals surface area contributed by atoms with Crippen LogP contribution in [0.2, 0.25) is 0 Å². The molecule has 5 heteroatoms. The van der Waals surface area contributed by atoms with E-state index < -0.39 is 0 Å². The van der Waals surface area contributed by atoms with Crippen molar-refractivity contribution in [3.63, 3.8) is 0 Å². The number of hydrogen-bond donors (Lipinski definition) is 1. The maximum atomic E-state index is 12.7. The molecule has 0 spiro atoms. The van der Waals surface area contributed by atoms with Crippen molar-refractivity contribution in [2.45, 2.75) is 12.5 Å². The second-order valence-electron chi connectivity index (χ2n) is 6.03. The van der Waals surface area contributed by atoms with Gasteiger partial charge in [-0.25, -0.2) is 4.98 Å². The maximum Gasteiger partial charge on any atom is 0.273 e. The van der Waals surface area contributed by atoms with Crippen molar-refractivity contribution in [3.8, 4) is 0 Å². The summed E-state index contributed by atoms with van der Waals surface area (Å²) in [4.78, 5) is 16.8. The minimum absolute atomic E-state index is 0.0110. The molecule has 0 saturated carbocycles. The Morgan fingerprint density at radius 2 is 1.62 bits per heavy atom. The number of para-hydroxylation sites is 1. The molecule has 2 aromatic carbocycles. The van der Waals surface area contributed by atoms with Gasteiger partial charge in [-0.05, 0) is 29.8 Å². The van der Waals surface area contributed by atoms with E-state index in [1.807, 2.05) is 65.7 Å². The number of hydrogen-bond acceptors (Lipinski definition) is 4. The summed E-state index contributed by atoms with van der Waals surface area (Å²) in [6.45, 7) is 0. The van der Waals surface area contributed by atoms with E-state index in [2.05, 4.69) is 27.5 Å². The van der Waals surface area contributed by atoms with Crippen LogP contribution >= 0.6 is 0 Å². The molecular weight excluding hydrogens is 324 g/mol. The summed E-state index contributed by atoms with van der Waals surface area (Å²) in [6.07, 6.45) is 2.19. The normalized spacial score (nSPS) is 16.2. The van der Waals surface area contributed by atoms with Gasteiger partial charge in [0.1, 0.15) is 11.5 Å². The number of benzene rings is 2. The van der Waals surface area contributed by atoms with Gasteiger partial charge in [0.05, 0.1) is 11.7 Å². The summed E-state index contributed by atoms with van der Waals surface area (Å²) in [7, 11) is 0. The van der Waals surface area contributed by atoms with E-state index in [-0.39, 0.29) is 11.9 Å². The van der Waals surface area contributed by atoms with E-state index in [4.69, 9.17) is 0 Å². The van der Waals surface area contributed by atoms with Crippen LogP contribution in [0.25, 0.3) is 0 Å². The van der Waals surface area contributed by atoms with Crippen molar-refractivity contribution in [3.05, 3.63) is 90.6 Å². The molecule has 4 rings (SSSR count). The molecule has 2 heterocycles. The third-order valence-electron chi connectivity index (χ3n) is 4.28. The molecule has 1 atom stereocenters. The molecule has 3 aromatic rings. The molecule has 1 aromatic heterocycles. The van der Waals surface area contributed by atoms with Crippen LogP contribution < -0.4 is 10.3 Å². The molecule has 5 nitrogen and oxygen atoms in total. The predicted molar refractivity (Wildman–Crippen MR) is 103 cm³/mol. The van der Waals surface area contributed by atoms with E-state index in [0.29, 0.717) is 18.0 Å². The Kier molecular flexibility index (Phi) is 4.43. The lowest BCUT2D eigenvalue weighted by molar-refractivity contribution is -0.110. The zero-order valence-electron chi connectivity index (χ0n) is 14.1. The molecule has 0 aliphatic carbocycles. The average molecular weight is 342 g/mol. The monoisotopic (exact) mass is 342 g/mol. The molecule has 1 unspecified atom stereocenters. The number of anilines is 2. The number of nitrogens with one attached hydrogen (secondary N) is 1. The first-order valence-electron chi connectivity index (χ1n) is 8.50. The van der Waals surface area contributed by atoms with Gasteiger partial charge in [0.15, 0.2) is 0 Å². The molecule has 0 radical (unpaired) electrons. The highest BCUT2D eigenvalue weighted by atomic mass is 16.2. The zero-order chi connectivity index (χ0) is 17.8. The molecule has 1 aliphatic rings. The van der Waals surface area contributed by atoms with Gasteiger partial charge >= 0.3 is 0 Å². The van der Waals surface area contributed by atoms with Crippen LogP contribution in [-0.2, 0) is 4.79 Å². The topological polar surface area (TPSA) is 57.6 Å². The molecule has 1 amide bonds. The van der Waals surface area contributed by atoms with Gasteiger partial charge in [0.25, 0.3) is 5.91 Å². The Bertz CT molecular complexity index is 911. The van der Waals surface area contributed by atoms with Gasteiger partial charge in [-0.3, -0.25) is 9.80 Å². The number of carbonyl (C=O) groups is 1. The zero-order valence-corrected chi connectivity index (χ0v) is 14.1. The maximum absolute atomic E-state index is 12.7. The molecule has 1 aliphatic heterocycles. The van der Waals surface area contributed by atoms with Crippen LogP contribution in [0.5, 0.6) is 0 Å². The van der Waals surface area contributed by atoms with Crippen molar-refractivity contribution in [2.75, 3.05) is 10.3 Å². The van der Waals surface area contributed by atoms with Crippen LogP contribution in [0.1, 0.15) is 18.0 Å². The van der Waals surface area contributed by atoms with E-state index >= 15 is 0 Å². The van der Waals surface area contributed by atoms with Crippen LogP contribution in [0, 0.1) is 0 Å².